The second-order valence-corrected chi connectivity index (χ2v) is 8.34. The number of nitrogens with zero attached hydrogens (tertiary/aromatic N) is 4. The van der Waals surface area contributed by atoms with Crippen LogP contribution in [0, 0.1) is 35.5 Å². The molecule has 0 radical (unpaired) electrons. The third-order valence-corrected chi connectivity index (χ3v) is 6.08. The lowest BCUT2D eigenvalue weighted by molar-refractivity contribution is -0.173. The average Bonchev–Trinajstić information content (AvgIpc) is 3.33. The van der Waals surface area contributed by atoms with Crippen LogP contribution < -0.4 is 10.6 Å². The molecule has 1 aliphatic heterocycles. The first-order chi connectivity index (χ1) is 15.2. The van der Waals surface area contributed by atoms with Crippen molar-refractivity contribution in [3.63, 3.8) is 0 Å². The fourth-order valence-electron chi connectivity index (χ4n) is 4.84. The number of rotatable bonds is 5. The van der Waals surface area contributed by atoms with E-state index in [0.29, 0.717) is 5.65 Å². The number of imidazole rings is 1. The summed E-state index contributed by atoms with van der Waals surface area (Å²) < 4.78 is 39.6. The van der Waals surface area contributed by atoms with E-state index in [0.717, 1.165) is 0 Å². The molecule has 1 amide bonds. The highest BCUT2D eigenvalue weighted by Crippen LogP contribution is 2.60. The quantitative estimate of drug-likeness (QED) is 0.664. The largest absolute Gasteiger partial charge is 0.362 e. The fourth-order valence-corrected chi connectivity index (χ4v) is 4.84. The van der Waals surface area contributed by atoms with Gasteiger partial charge in [0.15, 0.2) is 28.2 Å². The molecular weight excluding hydrogens is 422 g/mol. The number of terminal acetylenes is 1. The normalized spacial score (nSPS) is 31.3. The second-order valence-electron chi connectivity index (χ2n) is 8.34. The van der Waals surface area contributed by atoms with Gasteiger partial charge in [0.05, 0.1) is 24.8 Å². The molecule has 0 unspecified atom stereocenters. The zero-order chi connectivity index (χ0) is 22.8. The molecule has 2 aromatic heterocycles. The highest BCUT2D eigenvalue weighted by atomic mass is 19.3. The van der Waals surface area contributed by atoms with Gasteiger partial charge in [-0.2, -0.15) is 0 Å². The van der Waals surface area contributed by atoms with E-state index in [4.69, 9.17) is 15.9 Å². The van der Waals surface area contributed by atoms with Crippen LogP contribution in [0.25, 0.3) is 11.2 Å². The van der Waals surface area contributed by atoms with Crippen LogP contribution >= 0.6 is 0 Å². The summed E-state index contributed by atoms with van der Waals surface area (Å²) in [5.74, 6) is 7.00. The summed E-state index contributed by atoms with van der Waals surface area (Å²) in [6, 6.07) is -0.464. The van der Waals surface area contributed by atoms with Gasteiger partial charge >= 0.3 is 0 Å². The van der Waals surface area contributed by atoms with E-state index in [-0.39, 0.29) is 23.1 Å². The Bertz CT molecular complexity index is 1230. The fraction of sp³-hybridized carbons (Fsp3) is 0.524. The van der Waals surface area contributed by atoms with E-state index in [9.17, 15) is 13.6 Å². The number of hydrogen-bond donors (Lipinski definition) is 2. The number of fused-ring (bicyclic) bond motifs is 4. The predicted molar refractivity (Wildman–Crippen MR) is 108 cm³/mol. The number of alkyl halides is 2. The molecule has 3 aliphatic rings. The van der Waals surface area contributed by atoms with Crippen molar-refractivity contribution < 1.29 is 23.0 Å². The lowest BCUT2D eigenvalue weighted by atomic mass is 9.69. The van der Waals surface area contributed by atoms with Crippen LogP contribution in [0.15, 0.2) is 6.33 Å². The van der Waals surface area contributed by atoms with Gasteiger partial charge in [0.2, 0.25) is 11.7 Å². The summed E-state index contributed by atoms with van der Waals surface area (Å²) in [5.41, 5.74) is -0.458. The van der Waals surface area contributed by atoms with Gasteiger partial charge in [0.1, 0.15) is 12.2 Å². The molecule has 2 fully saturated rings. The van der Waals surface area contributed by atoms with Crippen LogP contribution in [0.4, 0.5) is 14.6 Å². The molecular formula is C21H20F2N6O3. The van der Waals surface area contributed by atoms with Gasteiger partial charge in [0, 0.05) is 7.05 Å². The first kappa shape index (κ1) is 20.6. The molecule has 1 saturated carbocycles. The molecule has 5 atom stereocenters. The number of anilines is 1. The van der Waals surface area contributed by atoms with Gasteiger partial charge < -0.3 is 24.7 Å². The maximum absolute atomic E-state index is 12.9. The monoisotopic (exact) mass is 442 g/mol. The lowest BCUT2D eigenvalue weighted by Gasteiger charge is -2.37. The molecule has 2 N–H and O–H groups in total. The van der Waals surface area contributed by atoms with Crippen molar-refractivity contribution in [1.82, 2.24) is 24.8 Å². The molecule has 0 aromatic carbocycles. The standard InChI is InChI=1S/C21H20F2N6O3/c1-5-12-27-17(25-8-11(22)23)13-18(28-12)29(9-26-13)14-10-6-7-21(10,19(30)24-4)16-15(14)31-20(2,3)32-16/h1,9-11,14-16H,8H2,2-4H3,(H,24,30)(H,25,27,28)/t10-,14-,15+,16+,21+/m1/s1. The van der Waals surface area contributed by atoms with Crippen LogP contribution in [0.1, 0.15) is 25.7 Å². The number of halogens is 2. The van der Waals surface area contributed by atoms with Crippen molar-refractivity contribution in [2.45, 2.75) is 44.3 Å². The van der Waals surface area contributed by atoms with Crippen molar-refractivity contribution in [3.05, 3.63) is 12.2 Å². The van der Waals surface area contributed by atoms with E-state index < -0.39 is 48.3 Å². The van der Waals surface area contributed by atoms with Gasteiger partial charge in [-0.1, -0.05) is 11.8 Å². The molecule has 11 heteroatoms. The van der Waals surface area contributed by atoms with Crippen molar-refractivity contribution in [3.8, 4) is 24.2 Å². The molecule has 166 valence electrons. The Kier molecular flexibility index (Phi) is 4.42. The molecule has 3 heterocycles. The molecule has 9 nitrogen and oxygen atoms in total. The van der Waals surface area contributed by atoms with Crippen LogP contribution in [0.2, 0.25) is 0 Å². The first-order valence-electron chi connectivity index (χ1n) is 10.1. The smallest absolute Gasteiger partial charge is 0.255 e. The van der Waals surface area contributed by atoms with Crippen LogP contribution in [-0.2, 0) is 14.3 Å². The van der Waals surface area contributed by atoms with Crippen molar-refractivity contribution in [1.29, 1.82) is 0 Å². The number of ether oxygens (including phenoxy) is 2. The third kappa shape index (κ3) is 2.71. The molecule has 5 rings (SSSR count). The van der Waals surface area contributed by atoms with Crippen molar-refractivity contribution in [2.75, 3.05) is 18.9 Å². The average molecular weight is 442 g/mol. The molecule has 0 bridgehead atoms. The van der Waals surface area contributed by atoms with Crippen molar-refractivity contribution >= 4 is 22.9 Å². The Morgan fingerprint density at radius 2 is 2.19 bits per heavy atom. The van der Waals surface area contributed by atoms with Gasteiger partial charge in [-0.3, -0.25) is 4.79 Å². The lowest BCUT2D eigenvalue weighted by Crippen LogP contribution is -2.53. The first-order valence-corrected chi connectivity index (χ1v) is 10.1. The predicted octanol–water partition coefficient (Wildman–Crippen LogP) is 0.925. The maximum Gasteiger partial charge on any atom is 0.255 e. The van der Waals surface area contributed by atoms with Crippen molar-refractivity contribution in [2.24, 2.45) is 11.3 Å². The molecule has 32 heavy (non-hydrogen) atoms. The molecule has 1 saturated heterocycles. The van der Waals surface area contributed by atoms with Gasteiger partial charge in [0.25, 0.3) is 6.43 Å². The summed E-state index contributed by atoms with van der Waals surface area (Å²) in [4.78, 5) is 25.8. The Hall–Kier alpha value is -3.28. The number of amides is 1. The van der Waals surface area contributed by atoms with E-state index in [2.05, 4.69) is 43.3 Å². The number of nitrogens with one attached hydrogen (secondary N) is 2. The Morgan fingerprint density at radius 3 is 2.81 bits per heavy atom. The maximum atomic E-state index is 12.9. The highest BCUT2D eigenvalue weighted by Gasteiger charge is 2.72. The van der Waals surface area contributed by atoms with E-state index >= 15 is 0 Å². The molecule has 2 aromatic rings. The highest BCUT2D eigenvalue weighted by molar-refractivity contribution is 5.91. The summed E-state index contributed by atoms with van der Waals surface area (Å²) >= 11 is 0. The van der Waals surface area contributed by atoms with Crippen LogP contribution in [0.3, 0.4) is 0 Å². The number of aromatic nitrogens is 4. The van der Waals surface area contributed by atoms with Gasteiger partial charge in [-0.15, -0.1) is 6.42 Å². The van der Waals surface area contributed by atoms with Gasteiger partial charge in [-0.05, 0) is 19.8 Å². The number of carbonyl (C=O) groups is 1. The third-order valence-electron chi connectivity index (χ3n) is 6.08. The van der Waals surface area contributed by atoms with E-state index in [1.54, 1.807) is 25.5 Å². The topological polar surface area (TPSA) is 103 Å². The SMILES string of the molecule is C#Cc1nc(NCC(F)F)c2ncn([C@H]3[C@@H]4OC(C)(C)O[C@@H]4[C@]4(C(=O)NC)C#C[C@H]34)c2n1. The minimum absolute atomic E-state index is 0.0201. The second kappa shape index (κ2) is 6.86. The van der Waals surface area contributed by atoms with Crippen LogP contribution in [0.5, 0.6) is 0 Å². The van der Waals surface area contributed by atoms with Crippen LogP contribution in [-0.4, -0.2) is 63.4 Å². The summed E-state index contributed by atoms with van der Waals surface area (Å²) in [6.07, 6.45) is 3.29. The Balaban J connectivity index is 1.64. The zero-order valence-corrected chi connectivity index (χ0v) is 17.5. The minimum Gasteiger partial charge on any atom is -0.362 e. The van der Waals surface area contributed by atoms with Gasteiger partial charge in [-0.25, -0.2) is 23.7 Å². The summed E-state index contributed by atoms with van der Waals surface area (Å²) in [7, 11) is 1.55. The Labute approximate surface area is 182 Å². The summed E-state index contributed by atoms with van der Waals surface area (Å²) in [5, 5.41) is 5.27. The zero-order valence-electron chi connectivity index (χ0n) is 17.5. The Morgan fingerprint density at radius 1 is 1.41 bits per heavy atom. The number of carbonyl (C=O) groups excluding carboxylic acids is 1. The minimum atomic E-state index is -2.59. The van der Waals surface area contributed by atoms with E-state index in [1.165, 1.54) is 6.33 Å². The summed E-state index contributed by atoms with van der Waals surface area (Å²) in [6.45, 7) is 2.94. The molecule has 0 spiro atoms. The molecule has 2 aliphatic carbocycles. The number of hydrogen-bond acceptors (Lipinski definition) is 7. The van der Waals surface area contributed by atoms with E-state index in [1.807, 2.05) is 0 Å².